The number of ether oxygens (including phenoxy) is 1. The molecule has 170 valence electrons. The maximum atomic E-state index is 13.2. The minimum atomic E-state index is -4.47. The fourth-order valence-corrected chi connectivity index (χ4v) is 3.66. The molecule has 0 fully saturated rings. The molecular weight excluding hydrogens is 472 g/mol. The highest BCUT2D eigenvalue weighted by Gasteiger charge is 2.30. The van der Waals surface area contributed by atoms with Gasteiger partial charge in [0.1, 0.15) is 18.2 Å². The van der Waals surface area contributed by atoms with E-state index in [4.69, 9.17) is 16.3 Å². The van der Waals surface area contributed by atoms with Gasteiger partial charge in [-0.3, -0.25) is 4.79 Å². The molecule has 0 bridgehead atoms. The maximum absolute atomic E-state index is 13.2. The second-order valence-electron chi connectivity index (χ2n) is 6.42. The number of hydrogen-bond acceptors (Lipinski definition) is 5. The molecule has 0 saturated carbocycles. The monoisotopic (exact) mass is 488 g/mol. The Morgan fingerprint density at radius 2 is 2.00 bits per heavy atom. The summed E-state index contributed by atoms with van der Waals surface area (Å²) >= 11 is 6.82. The van der Waals surface area contributed by atoms with E-state index in [9.17, 15) is 22.4 Å². The van der Waals surface area contributed by atoms with Crippen molar-refractivity contribution in [2.75, 3.05) is 11.1 Å². The summed E-state index contributed by atoms with van der Waals surface area (Å²) in [6, 6.07) is 8.39. The normalized spacial score (nSPS) is 11.4. The van der Waals surface area contributed by atoms with E-state index in [0.29, 0.717) is 23.2 Å². The van der Waals surface area contributed by atoms with Gasteiger partial charge in [-0.15, -0.1) is 10.2 Å². The van der Waals surface area contributed by atoms with Crippen molar-refractivity contribution in [1.82, 2.24) is 14.8 Å². The van der Waals surface area contributed by atoms with Gasteiger partial charge in [-0.25, -0.2) is 4.39 Å². The van der Waals surface area contributed by atoms with Crippen LogP contribution in [0.25, 0.3) is 0 Å². The largest absolute Gasteiger partial charge is 0.486 e. The fraction of sp³-hybridized carbons (Fsp3) is 0.250. The van der Waals surface area contributed by atoms with E-state index < -0.39 is 17.6 Å². The summed E-state index contributed by atoms with van der Waals surface area (Å²) < 4.78 is 58.9. The first-order chi connectivity index (χ1) is 15.2. The molecule has 0 spiro atoms. The number of halogens is 5. The number of nitrogens with zero attached hydrogens (tertiary/aromatic N) is 3. The Balaban J connectivity index is 1.59. The Morgan fingerprint density at radius 1 is 1.22 bits per heavy atom. The number of thioether (sulfide) groups is 1. The Labute approximate surface area is 189 Å². The standard InChI is InChI=1S/C20H17ClF4N4O2S/c1-2-29-17(10-31-14-5-3-4-12(8-14)20(23,24)25)27-28-19(29)32-11-18(30)26-13-6-7-16(22)15(21)9-13/h3-9H,2,10-11H2,1H3,(H,26,30). The number of hydrogen-bond donors (Lipinski definition) is 1. The summed E-state index contributed by atoms with van der Waals surface area (Å²) in [5.41, 5.74) is -0.453. The highest BCUT2D eigenvalue weighted by Crippen LogP contribution is 2.31. The third kappa shape index (κ3) is 6.13. The Hall–Kier alpha value is -2.79. The molecule has 0 unspecified atom stereocenters. The first-order valence-corrected chi connectivity index (χ1v) is 10.6. The van der Waals surface area contributed by atoms with Crippen molar-refractivity contribution in [2.24, 2.45) is 0 Å². The van der Waals surface area contributed by atoms with Crippen LogP contribution < -0.4 is 10.1 Å². The van der Waals surface area contributed by atoms with Gasteiger partial charge in [0.25, 0.3) is 0 Å². The van der Waals surface area contributed by atoms with Gasteiger partial charge in [0.15, 0.2) is 11.0 Å². The molecule has 32 heavy (non-hydrogen) atoms. The van der Waals surface area contributed by atoms with Crippen LogP contribution in [0.5, 0.6) is 5.75 Å². The van der Waals surface area contributed by atoms with Gasteiger partial charge in [-0.05, 0) is 43.3 Å². The van der Waals surface area contributed by atoms with Gasteiger partial charge in [-0.1, -0.05) is 29.4 Å². The number of anilines is 1. The molecule has 0 saturated heterocycles. The molecule has 0 aliphatic rings. The zero-order valence-corrected chi connectivity index (χ0v) is 18.2. The van der Waals surface area contributed by atoms with Crippen molar-refractivity contribution >= 4 is 35.0 Å². The van der Waals surface area contributed by atoms with Crippen LogP contribution in [-0.4, -0.2) is 26.4 Å². The number of alkyl halides is 3. The molecule has 6 nitrogen and oxygen atoms in total. The molecule has 3 aromatic rings. The number of carbonyl (C=O) groups is 1. The maximum Gasteiger partial charge on any atom is 0.416 e. The molecule has 1 heterocycles. The Morgan fingerprint density at radius 3 is 2.69 bits per heavy atom. The van der Waals surface area contributed by atoms with Crippen molar-refractivity contribution in [3.05, 3.63) is 64.7 Å². The van der Waals surface area contributed by atoms with E-state index >= 15 is 0 Å². The minimum absolute atomic E-state index is 0.00160. The highest BCUT2D eigenvalue weighted by atomic mass is 35.5. The second kappa shape index (κ2) is 10.2. The fourth-order valence-electron chi connectivity index (χ4n) is 2.66. The molecule has 0 aliphatic heterocycles. The molecule has 0 atom stereocenters. The summed E-state index contributed by atoms with van der Waals surface area (Å²) in [5, 5.41) is 11.0. The predicted molar refractivity (Wildman–Crippen MR) is 112 cm³/mol. The lowest BCUT2D eigenvalue weighted by molar-refractivity contribution is -0.137. The average Bonchev–Trinajstić information content (AvgIpc) is 3.15. The zero-order chi connectivity index (χ0) is 23.3. The summed E-state index contributed by atoms with van der Waals surface area (Å²) in [6.45, 7) is 2.20. The van der Waals surface area contributed by atoms with Crippen LogP contribution in [0, 0.1) is 5.82 Å². The number of benzene rings is 2. The summed E-state index contributed by atoms with van der Waals surface area (Å²) in [5.74, 6) is -0.489. The van der Waals surface area contributed by atoms with Crippen LogP contribution in [0.4, 0.5) is 23.2 Å². The van der Waals surface area contributed by atoms with Crippen molar-refractivity contribution in [2.45, 2.75) is 31.4 Å². The first kappa shape index (κ1) is 23.9. The number of rotatable bonds is 8. The highest BCUT2D eigenvalue weighted by molar-refractivity contribution is 7.99. The van der Waals surface area contributed by atoms with Crippen LogP contribution in [-0.2, 0) is 24.1 Å². The number of amides is 1. The third-order valence-corrected chi connectivity index (χ3v) is 5.43. The van der Waals surface area contributed by atoms with E-state index in [0.717, 1.165) is 30.0 Å². The lowest BCUT2D eigenvalue weighted by Crippen LogP contribution is -2.15. The first-order valence-electron chi connectivity index (χ1n) is 9.27. The lowest BCUT2D eigenvalue weighted by Gasteiger charge is -2.11. The van der Waals surface area contributed by atoms with E-state index in [1.807, 2.05) is 6.92 Å². The van der Waals surface area contributed by atoms with Gasteiger partial charge < -0.3 is 14.6 Å². The van der Waals surface area contributed by atoms with Gasteiger partial charge >= 0.3 is 6.18 Å². The second-order valence-corrected chi connectivity index (χ2v) is 7.77. The van der Waals surface area contributed by atoms with Crippen LogP contribution in [0.2, 0.25) is 5.02 Å². The smallest absolute Gasteiger partial charge is 0.416 e. The van der Waals surface area contributed by atoms with Gasteiger partial charge in [0, 0.05) is 12.2 Å². The number of carbonyl (C=O) groups excluding carboxylic acids is 1. The quantitative estimate of drug-likeness (QED) is 0.339. The molecular formula is C20H17ClF4N4O2S. The molecule has 1 aromatic heterocycles. The van der Waals surface area contributed by atoms with Crippen molar-refractivity contribution in [1.29, 1.82) is 0 Å². The number of nitrogens with one attached hydrogen (secondary N) is 1. The molecule has 0 radical (unpaired) electrons. The van der Waals surface area contributed by atoms with Crippen LogP contribution in [0.1, 0.15) is 18.3 Å². The van der Waals surface area contributed by atoms with Crippen LogP contribution in [0.15, 0.2) is 47.6 Å². The topological polar surface area (TPSA) is 69.0 Å². The molecule has 1 N–H and O–H groups in total. The summed E-state index contributed by atoms with van der Waals surface area (Å²) in [6.07, 6.45) is -4.47. The van der Waals surface area contributed by atoms with Gasteiger partial charge in [0.2, 0.25) is 5.91 Å². The predicted octanol–water partition coefficient (Wildman–Crippen LogP) is 5.42. The third-order valence-electron chi connectivity index (χ3n) is 4.17. The Kier molecular flexibility index (Phi) is 7.62. The van der Waals surface area contributed by atoms with Gasteiger partial charge in [-0.2, -0.15) is 13.2 Å². The van der Waals surface area contributed by atoms with E-state index in [1.54, 1.807) is 4.57 Å². The molecule has 3 rings (SSSR count). The van der Waals surface area contributed by atoms with E-state index in [1.165, 1.54) is 24.3 Å². The van der Waals surface area contributed by atoms with Gasteiger partial charge in [0.05, 0.1) is 16.3 Å². The number of aromatic nitrogens is 3. The zero-order valence-electron chi connectivity index (χ0n) is 16.6. The SMILES string of the molecule is CCn1c(COc2cccc(C(F)(F)F)c2)nnc1SCC(=O)Nc1ccc(F)c(Cl)c1. The van der Waals surface area contributed by atoms with Crippen LogP contribution >= 0.6 is 23.4 Å². The molecule has 0 aliphatic carbocycles. The van der Waals surface area contributed by atoms with Crippen molar-refractivity contribution in [3.63, 3.8) is 0 Å². The average molecular weight is 489 g/mol. The van der Waals surface area contributed by atoms with E-state index in [2.05, 4.69) is 15.5 Å². The molecule has 1 amide bonds. The molecule has 2 aromatic carbocycles. The van der Waals surface area contributed by atoms with E-state index in [-0.39, 0.29) is 29.0 Å². The van der Waals surface area contributed by atoms with Crippen LogP contribution in [0.3, 0.4) is 0 Å². The Bertz CT molecular complexity index is 1110. The summed E-state index contributed by atoms with van der Waals surface area (Å²) in [7, 11) is 0. The summed E-state index contributed by atoms with van der Waals surface area (Å²) in [4.78, 5) is 12.2. The van der Waals surface area contributed by atoms with Crippen molar-refractivity contribution < 1.29 is 27.1 Å². The lowest BCUT2D eigenvalue weighted by atomic mass is 10.2. The minimum Gasteiger partial charge on any atom is -0.486 e. The van der Waals surface area contributed by atoms with Crippen molar-refractivity contribution in [3.8, 4) is 5.75 Å². The molecule has 12 heteroatoms.